The molecular formula is C14H14BrClN2O. The fourth-order valence-corrected chi connectivity index (χ4v) is 2.12. The maximum atomic E-state index is 6.12. The molecule has 0 aliphatic rings. The fraction of sp³-hybridized carbons (Fsp3) is 0.286. The molecule has 0 aliphatic heterocycles. The molecule has 0 spiro atoms. The van der Waals surface area contributed by atoms with Crippen LogP contribution in [0.1, 0.15) is 24.7 Å². The van der Waals surface area contributed by atoms with Crippen molar-refractivity contribution in [2.75, 3.05) is 0 Å². The van der Waals surface area contributed by atoms with Crippen molar-refractivity contribution in [3.8, 4) is 11.6 Å². The van der Waals surface area contributed by atoms with Gasteiger partial charge in [-0.15, -0.1) is 0 Å². The number of para-hydroxylation sites is 1. The lowest BCUT2D eigenvalue weighted by molar-refractivity contribution is 0.451. The third-order valence-electron chi connectivity index (χ3n) is 2.60. The van der Waals surface area contributed by atoms with E-state index < -0.39 is 0 Å². The van der Waals surface area contributed by atoms with Gasteiger partial charge in [0.05, 0.1) is 4.47 Å². The molecule has 19 heavy (non-hydrogen) atoms. The number of nitrogens with zero attached hydrogens (tertiary/aromatic N) is 2. The zero-order valence-electron chi connectivity index (χ0n) is 10.8. The maximum Gasteiger partial charge on any atom is 0.227 e. The van der Waals surface area contributed by atoms with E-state index in [1.165, 1.54) is 0 Å². The molecule has 0 amide bonds. The average Bonchev–Trinajstić information content (AvgIpc) is 2.38. The molecule has 3 nitrogen and oxygen atoms in total. The summed E-state index contributed by atoms with van der Waals surface area (Å²) in [5.74, 6) is 1.93. The maximum absolute atomic E-state index is 6.12. The van der Waals surface area contributed by atoms with Crippen LogP contribution in [0.15, 0.2) is 28.7 Å². The predicted octanol–water partition coefficient (Wildman–Crippen LogP) is 4.95. The molecule has 5 heteroatoms. The summed E-state index contributed by atoms with van der Waals surface area (Å²) < 4.78 is 6.70. The van der Waals surface area contributed by atoms with Gasteiger partial charge in [0.2, 0.25) is 5.88 Å². The molecule has 0 bridgehead atoms. The van der Waals surface area contributed by atoms with E-state index >= 15 is 0 Å². The second-order valence-corrected chi connectivity index (χ2v) is 5.36. The topological polar surface area (TPSA) is 35.0 Å². The molecule has 100 valence electrons. The van der Waals surface area contributed by atoms with Crippen LogP contribution in [-0.4, -0.2) is 9.97 Å². The Bertz CT molecular complexity index is 590. The Morgan fingerprint density at radius 2 is 2.00 bits per heavy atom. The highest BCUT2D eigenvalue weighted by Gasteiger charge is 2.12. The zero-order chi connectivity index (χ0) is 13.8. The van der Waals surface area contributed by atoms with E-state index in [4.69, 9.17) is 16.3 Å². The van der Waals surface area contributed by atoms with Gasteiger partial charge >= 0.3 is 0 Å². The number of rotatable bonds is 4. The summed E-state index contributed by atoms with van der Waals surface area (Å²) in [5, 5.41) is 0.445. The van der Waals surface area contributed by atoms with Crippen LogP contribution in [0.2, 0.25) is 5.15 Å². The van der Waals surface area contributed by atoms with Crippen molar-refractivity contribution in [3.63, 3.8) is 0 Å². The molecular weight excluding hydrogens is 328 g/mol. The largest absolute Gasteiger partial charge is 0.437 e. The molecule has 0 saturated heterocycles. The van der Waals surface area contributed by atoms with E-state index in [2.05, 4.69) is 32.8 Å². The first-order valence-corrected chi connectivity index (χ1v) is 7.24. The highest BCUT2D eigenvalue weighted by molar-refractivity contribution is 9.10. The Kier molecular flexibility index (Phi) is 4.77. The van der Waals surface area contributed by atoms with Crippen LogP contribution in [0, 0.1) is 6.92 Å². The fourth-order valence-electron chi connectivity index (χ4n) is 1.58. The Morgan fingerprint density at radius 3 is 2.68 bits per heavy atom. The lowest BCUT2D eigenvalue weighted by atomic mass is 10.3. The van der Waals surface area contributed by atoms with Gasteiger partial charge < -0.3 is 4.74 Å². The number of ether oxygens (including phenoxy) is 1. The number of hydrogen-bond acceptors (Lipinski definition) is 3. The summed E-state index contributed by atoms with van der Waals surface area (Å²) in [7, 11) is 0. The second-order valence-electron chi connectivity index (χ2n) is 4.14. The van der Waals surface area contributed by atoms with Crippen LogP contribution in [0.25, 0.3) is 0 Å². The molecule has 0 unspecified atom stereocenters. The lowest BCUT2D eigenvalue weighted by Gasteiger charge is -2.11. The molecule has 0 atom stereocenters. The first-order chi connectivity index (χ1) is 9.11. The Hall–Kier alpha value is -1.13. The molecule has 0 fully saturated rings. The van der Waals surface area contributed by atoms with Gasteiger partial charge in [-0.3, -0.25) is 0 Å². The Morgan fingerprint density at radius 1 is 1.26 bits per heavy atom. The summed E-state index contributed by atoms with van der Waals surface area (Å²) in [4.78, 5) is 8.67. The summed E-state index contributed by atoms with van der Waals surface area (Å²) in [6.07, 6.45) is 1.75. The van der Waals surface area contributed by atoms with Gasteiger partial charge in [-0.05, 0) is 41.4 Å². The number of aromatic nitrogens is 2. The van der Waals surface area contributed by atoms with Gasteiger partial charge in [-0.25, -0.2) is 4.98 Å². The minimum atomic E-state index is 0.445. The summed E-state index contributed by atoms with van der Waals surface area (Å²) in [6.45, 7) is 3.93. The first-order valence-electron chi connectivity index (χ1n) is 6.07. The molecule has 0 aliphatic carbocycles. The SMILES string of the molecule is CCCc1nc(Cl)c(C)c(Oc2ccccc2Br)n1. The molecule has 2 rings (SSSR count). The molecule has 0 N–H and O–H groups in total. The Labute approximate surface area is 126 Å². The molecule has 0 saturated carbocycles. The highest BCUT2D eigenvalue weighted by Crippen LogP contribution is 2.31. The minimum absolute atomic E-state index is 0.445. The summed E-state index contributed by atoms with van der Waals surface area (Å²) in [5.41, 5.74) is 0.747. The second kappa shape index (κ2) is 6.35. The third-order valence-corrected chi connectivity index (χ3v) is 3.63. The number of halogens is 2. The number of benzene rings is 1. The van der Waals surface area contributed by atoms with Crippen LogP contribution in [0.3, 0.4) is 0 Å². The molecule has 1 aromatic carbocycles. The van der Waals surface area contributed by atoms with E-state index in [-0.39, 0.29) is 0 Å². The standard InChI is InChI=1S/C14H14BrClN2O/c1-3-6-12-17-13(16)9(2)14(18-12)19-11-8-5-4-7-10(11)15/h4-5,7-8H,3,6H2,1-2H3. The van der Waals surface area contributed by atoms with Gasteiger partial charge in [0, 0.05) is 12.0 Å². The van der Waals surface area contributed by atoms with Crippen LogP contribution >= 0.6 is 27.5 Å². The number of aryl methyl sites for hydroxylation is 1. The summed E-state index contributed by atoms with van der Waals surface area (Å²) in [6, 6.07) is 7.63. The van der Waals surface area contributed by atoms with Gasteiger partial charge in [-0.1, -0.05) is 30.7 Å². The lowest BCUT2D eigenvalue weighted by Crippen LogP contribution is -2.01. The number of hydrogen-bond donors (Lipinski definition) is 0. The van der Waals surface area contributed by atoms with Crippen molar-refractivity contribution in [2.45, 2.75) is 26.7 Å². The van der Waals surface area contributed by atoms with E-state index in [9.17, 15) is 0 Å². The van der Waals surface area contributed by atoms with Gasteiger partial charge in [0.15, 0.2) is 0 Å². The predicted molar refractivity (Wildman–Crippen MR) is 80.0 cm³/mol. The quantitative estimate of drug-likeness (QED) is 0.738. The van der Waals surface area contributed by atoms with Crippen molar-refractivity contribution < 1.29 is 4.74 Å². The minimum Gasteiger partial charge on any atom is -0.437 e. The van der Waals surface area contributed by atoms with Crippen molar-refractivity contribution in [1.82, 2.24) is 9.97 Å². The van der Waals surface area contributed by atoms with E-state index in [1.807, 2.05) is 31.2 Å². The highest BCUT2D eigenvalue weighted by atomic mass is 79.9. The third kappa shape index (κ3) is 3.45. The Balaban J connectivity index is 2.36. The van der Waals surface area contributed by atoms with Crippen molar-refractivity contribution in [1.29, 1.82) is 0 Å². The zero-order valence-corrected chi connectivity index (χ0v) is 13.1. The van der Waals surface area contributed by atoms with Crippen molar-refractivity contribution >= 4 is 27.5 Å². The molecule has 1 heterocycles. The summed E-state index contributed by atoms with van der Waals surface area (Å²) >= 11 is 9.56. The van der Waals surface area contributed by atoms with Gasteiger partial charge in [0.1, 0.15) is 16.7 Å². The first kappa shape index (κ1) is 14.3. The normalized spacial score (nSPS) is 10.5. The van der Waals surface area contributed by atoms with Crippen LogP contribution in [-0.2, 0) is 6.42 Å². The average molecular weight is 342 g/mol. The van der Waals surface area contributed by atoms with Gasteiger partial charge in [0.25, 0.3) is 0 Å². The molecule has 1 aromatic heterocycles. The van der Waals surface area contributed by atoms with Gasteiger partial charge in [-0.2, -0.15) is 4.98 Å². The smallest absolute Gasteiger partial charge is 0.227 e. The van der Waals surface area contributed by atoms with Crippen molar-refractivity contribution in [2.24, 2.45) is 0 Å². The molecule has 2 aromatic rings. The van der Waals surface area contributed by atoms with E-state index in [0.717, 1.165) is 22.9 Å². The van der Waals surface area contributed by atoms with Crippen molar-refractivity contribution in [3.05, 3.63) is 45.3 Å². The van der Waals surface area contributed by atoms with E-state index in [0.29, 0.717) is 22.6 Å². The van der Waals surface area contributed by atoms with Crippen LogP contribution < -0.4 is 4.74 Å². The molecule has 0 radical (unpaired) electrons. The van der Waals surface area contributed by atoms with Crippen LogP contribution in [0.5, 0.6) is 11.6 Å². The van der Waals surface area contributed by atoms with E-state index in [1.54, 1.807) is 0 Å². The monoisotopic (exact) mass is 340 g/mol. The van der Waals surface area contributed by atoms with Crippen LogP contribution in [0.4, 0.5) is 0 Å².